The van der Waals surface area contributed by atoms with E-state index in [1.807, 2.05) is 18.2 Å². The number of urea groups is 1. The Kier molecular flexibility index (Phi) is 6.24. The van der Waals surface area contributed by atoms with Gasteiger partial charge in [-0.15, -0.1) is 6.58 Å². The summed E-state index contributed by atoms with van der Waals surface area (Å²) in [5.74, 6) is 1.39. The Labute approximate surface area is 164 Å². The molecule has 3 rings (SSSR count). The van der Waals surface area contributed by atoms with Crippen LogP contribution in [0.5, 0.6) is 0 Å². The number of benzene rings is 1. The van der Waals surface area contributed by atoms with Crippen LogP contribution in [0, 0.1) is 5.92 Å². The van der Waals surface area contributed by atoms with Gasteiger partial charge < -0.3 is 15.5 Å². The average molecular weight is 384 g/mol. The number of carbonyl (C=O) groups is 1. The van der Waals surface area contributed by atoms with Gasteiger partial charge in [-0.2, -0.15) is 5.10 Å². The third-order valence-corrected chi connectivity index (χ3v) is 5.24. The number of rotatable bonds is 7. The highest BCUT2D eigenvalue weighted by Crippen LogP contribution is 2.33. The van der Waals surface area contributed by atoms with Gasteiger partial charge in [-0.25, -0.2) is 4.79 Å². The molecule has 0 saturated carbocycles. The largest absolute Gasteiger partial charge is 0.335 e. The molecule has 1 atom stereocenters. The zero-order valence-corrected chi connectivity index (χ0v) is 16.4. The van der Waals surface area contributed by atoms with Crippen LogP contribution in [0.4, 0.5) is 4.79 Å². The highest BCUT2D eigenvalue weighted by Gasteiger charge is 2.28. The minimum atomic E-state index is -0.199. The molecule has 2 aliphatic heterocycles. The summed E-state index contributed by atoms with van der Waals surface area (Å²) in [6.07, 6.45) is 8.11. The van der Waals surface area contributed by atoms with Gasteiger partial charge in [0, 0.05) is 35.0 Å². The highest BCUT2D eigenvalue weighted by atomic mass is 32.2. The number of amidine groups is 1. The topological polar surface area (TPSA) is 68.8 Å². The summed E-state index contributed by atoms with van der Waals surface area (Å²) in [4.78, 5) is 16.2. The molecule has 27 heavy (non-hydrogen) atoms. The fourth-order valence-corrected chi connectivity index (χ4v) is 3.79. The number of allylic oxidation sites excluding steroid dienone is 1. The Morgan fingerprint density at radius 1 is 1.41 bits per heavy atom. The molecule has 1 aromatic rings. The van der Waals surface area contributed by atoms with Crippen LogP contribution in [0.25, 0.3) is 0 Å². The maximum atomic E-state index is 11.8. The van der Waals surface area contributed by atoms with Crippen LogP contribution in [0.1, 0.15) is 19.4 Å². The monoisotopic (exact) mass is 383 g/mol. The van der Waals surface area contributed by atoms with Crippen molar-refractivity contribution in [3.8, 4) is 0 Å². The lowest BCUT2D eigenvalue weighted by molar-refractivity contribution is 0.241. The molecule has 3 N–H and O–H groups in total. The second kappa shape index (κ2) is 8.81. The molecule has 2 heterocycles. The highest BCUT2D eigenvalue weighted by molar-refractivity contribution is 8.03. The molecule has 6 nitrogen and oxygen atoms in total. The standard InChI is InChI=1S/C20H25N5OS/c1-4-11-21-20(26)22-12-15-7-5-6-8-17(15)27-16-9-10-18-23-24-19(14(2)3)25(18)13-16/h4-10,13-14,18,23H,1,11-12H2,2-3H3,(H2,21,22,26). The molecule has 0 fully saturated rings. The molecular formula is C20H25N5OS. The number of fused-ring (bicyclic) bond motifs is 1. The van der Waals surface area contributed by atoms with Gasteiger partial charge in [-0.3, -0.25) is 5.43 Å². The fourth-order valence-electron chi connectivity index (χ4n) is 2.81. The number of hydrogen-bond acceptors (Lipinski definition) is 5. The molecule has 0 aromatic heterocycles. The summed E-state index contributed by atoms with van der Waals surface area (Å²) in [6, 6.07) is 7.90. The summed E-state index contributed by atoms with van der Waals surface area (Å²) in [7, 11) is 0. The minimum absolute atomic E-state index is 0.0946. The van der Waals surface area contributed by atoms with Gasteiger partial charge in [0.15, 0.2) is 0 Å². The van der Waals surface area contributed by atoms with Crippen LogP contribution in [0.15, 0.2) is 70.2 Å². The number of hydrogen-bond donors (Lipinski definition) is 3. The van der Waals surface area contributed by atoms with Crippen molar-refractivity contribution < 1.29 is 4.79 Å². The lowest BCUT2D eigenvalue weighted by atomic mass is 10.1. The molecule has 1 unspecified atom stereocenters. The maximum absolute atomic E-state index is 11.8. The predicted octanol–water partition coefficient (Wildman–Crippen LogP) is 3.38. The van der Waals surface area contributed by atoms with Crippen LogP contribution in [-0.2, 0) is 6.54 Å². The molecule has 0 bridgehead atoms. The van der Waals surface area contributed by atoms with E-state index in [0.717, 1.165) is 21.2 Å². The maximum Gasteiger partial charge on any atom is 0.315 e. The summed E-state index contributed by atoms with van der Waals surface area (Å²) < 4.78 is 0. The first-order valence-corrected chi connectivity index (χ1v) is 9.80. The lowest BCUT2D eigenvalue weighted by Gasteiger charge is -2.26. The summed E-state index contributed by atoms with van der Waals surface area (Å²) in [5.41, 5.74) is 4.22. The number of carbonyl (C=O) groups excluding carboxylic acids is 1. The Bertz CT molecular complexity index is 799. The van der Waals surface area contributed by atoms with E-state index in [2.05, 4.69) is 70.9 Å². The Hall–Kier alpha value is -2.67. The van der Waals surface area contributed by atoms with E-state index in [1.165, 1.54) is 0 Å². The molecule has 0 radical (unpaired) electrons. The second-order valence-electron chi connectivity index (χ2n) is 6.56. The van der Waals surface area contributed by atoms with E-state index in [4.69, 9.17) is 0 Å². The SMILES string of the molecule is C=CCNC(=O)NCc1ccccc1SC1=CN2C(C(C)C)=NNC2C=C1. The van der Waals surface area contributed by atoms with E-state index >= 15 is 0 Å². The van der Waals surface area contributed by atoms with Gasteiger partial charge >= 0.3 is 6.03 Å². The van der Waals surface area contributed by atoms with E-state index < -0.39 is 0 Å². The molecule has 0 spiro atoms. The van der Waals surface area contributed by atoms with Gasteiger partial charge in [0.2, 0.25) is 0 Å². The molecule has 2 aliphatic rings. The quantitative estimate of drug-likeness (QED) is 0.632. The van der Waals surface area contributed by atoms with Crippen molar-refractivity contribution in [1.29, 1.82) is 0 Å². The second-order valence-corrected chi connectivity index (χ2v) is 7.67. The van der Waals surface area contributed by atoms with Gasteiger partial charge in [0.1, 0.15) is 12.0 Å². The number of hydrazone groups is 1. The van der Waals surface area contributed by atoms with Crippen molar-refractivity contribution in [3.63, 3.8) is 0 Å². The van der Waals surface area contributed by atoms with Crippen LogP contribution in [-0.4, -0.2) is 29.5 Å². The Morgan fingerprint density at radius 3 is 3.00 bits per heavy atom. The summed E-state index contributed by atoms with van der Waals surface area (Å²) in [5, 5.41) is 10.0. The third kappa shape index (κ3) is 4.74. The minimum Gasteiger partial charge on any atom is -0.335 e. The van der Waals surface area contributed by atoms with Crippen molar-refractivity contribution in [2.45, 2.75) is 31.5 Å². The first-order chi connectivity index (χ1) is 13.1. The molecule has 1 aromatic carbocycles. The molecule has 0 aliphatic carbocycles. The molecule has 7 heteroatoms. The number of thioether (sulfide) groups is 1. The van der Waals surface area contributed by atoms with Crippen molar-refractivity contribution >= 4 is 23.6 Å². The predicted molar refractivity (Wildman–Crippen MR) is 111 cm³/mol. The number of nitrogens with zero attached hydrogens (tertiary/aromatic N) is 2. The van der Waals surface area contributed by atoms with E-state index in [0.29, 0.717) is 19.0 Å². The van der Waals surface area contributed by atoms with Crippen molar-refractivity contribution in [2.24, 2.45) is 11.0 Å². The fraction of sp³-hybridized carbons (Fsp3) is 0.300. The molecule has 0 saturated heterocycles. The summed E-state index contributed by atoms with van der Waals surface area (Å²) >= 11 is 1.69. The lowest BCUT2D eigenvalue weighted by Crippen LogP contribution is -2.37. The first-order valence-electron chi connectivity index (χ1n) is 8.98. The van der Waals surface area contributed by atoms with Crippen LogP contribution in [0.3, 0.4) is 0 Å². The van der Waals surface area contributed by atoms with Gasteiger partial charge in [0.25, 0.3) is 0 Å². The molecule has 2 amide bonds. The van der Waals surface area contributed by atoms with Crippen LogP contribution >= 0.6 is 11.8 Å². The third-order valence-electron chi connectivity index (χ3n) is 4.15. The first kappa shape index (κ1) is 19.1. The van der Waals surface area contributed by atoms with E-state index in [9.17, 15) is 4.79 Å². The van der Waals surface area contributed by atoms with Crippen LogP contribution < -0.4 is 16.1 Å². The van der Waals surface area contributed by atoms with E-state index in [-0.39, 0.29) is 12.2 Å². The number of nitrogens with one attached hydrogen (secondary N) is 3. The van der Waals surface area contributed by atoms with Crippen LogP contribution in [0.2, 0.25) is 0 Å². The number of amides is 2. The zero-order valence-electron chi connectivity index (χ0n) is 15.6. The van der Waals surface area contributed by atoms with Crippen molar-refractivity contribution in [3.05, 3.63) is 65.7 Å². The average Bonchev–Trinajstić information content (AvgIpc) is 3.09. The van der Waals surface area contributed by atoms with Gasteiger partial charge in [-0.1, -0.05) is 49.9 Å². The molecular weight excluding hydrogens is 358 g/mol. The van der Waals surface area contributed by atoms with Crippen molar-refractivity contribution in [2.75, 3.05) is 6.54 Å². The zero-order chi connectivity index (χ0) is 19.2. The van der Waals surface area contributed by atoms with E-state index in [1.54, 1.807) is 17.8 Å². The smallest absolute Gasteiger partial charge is 0.315 e. The normalized spacial score (nSPS) is 17.7. The summed E-state index contributed by atoms with van der Waals surface area (Å²) in [6.45, 7) is 8.79. The van der Waals surface area contributed by atoms with Gasteiger partial charge in [-0.05, 0) is 23.8 Å². The Morgan fingerprint density at radius 2 is 2.22 bits per heavy atom. The van der Waals surface area contributed by atoms with Gasteiger partial charge in [0.05, 0.1) is 0 Å². The molecule has 142 valence electrons. The Balaban J connectivity index is 1.68. The van der Waals surface area contributed by atoms with Crippen molar-refractivity contribution in [1.82, 2.24) is 21.0 Å².